The third-order valence-corrected chi connectivity index (χ3v) is 4.14. The highest BCUT2D eigenvalue weighted by molar-refractivity contribution is 5.80. The lowest BCUT2D eigenvalue weighted by Crippen LogP contribution is -2.21. The minimum atomic E-state index is 0.507. The number of fused-ring (bicyclic) bond motifs is 1. The predicted octanol–water partition coefficient (Wildman–Crippen LogP) is 4.36. The summed E-state index contributed by atoms with van der Waals surface area (Å²) in [5.41, 5.74) is 3.82. The molecule has 0 radical (unpaired) electrons. The number of aromatic nitrogens is 1. The first-order valence-electron chi connectivity index (χ1n) is 8.65. The van der Waals surface area contributed by atoms with Gasteiger partial charge in [0.1, 0.15) is 0 Å². The Labute approximate surface area is 144 Å². The Morgan fingerprint density at radius 3 is 2.62 bits per heavy atom. The van der Waals surface area contributed by atoms with E-state index in [1.54, 1.807) is 0 Å². The molecular weight excluding hydrogens is 296 g/mol. The average Bonchev–Trinajstić information content (AvgIpc) is 3.00. The van der Waals surface area contributed by atoms with Crippen molar-refractivity contribution in [2.75, 3.05) is 6.61 Å². The molecule has 1 aromatic heterocycles. The molecule has 0 amide bonds. The second-order valence-electron chi connectivity index (χ2n) is 6.48. The van der Waals surface area contributed by atoms with Gasteiger partial charge in [-0.25, -0.2) is 0 Å². The van der Waals surface area contributed by atoms with Crippen molar-refractivity contribution in [1.82, 2.24) is 9.88 Å². The molecule has 0 atom stereocenters. The molecule has 3 rings (SSSR count). The summed E-state index contributed by atoms with van der Waals surface area (Å²) in [4.78, 5) is 0. The molecule has 2 aromatic carbocycles. The van der Waals surface area contributed by atoms with Crippen molar-refractivity contribution in [2.24, 2.45) is 0 Å². The largest absolute Gasteiger partial charge is 0.375 e. The molecule has 0 aliphatic heterocycles. The highest BCUT2D eigenvalue weighted by Gasteiger charge is 2.03. The summed E-state index contributed by atoms with van der Waals surface area (Å²) >= 11 is 0. The van der Waals surface area contributed by atoms with Crippen molar-refractivity contribution in [1.29, 1.82) is 0 Å². The quantitative estimate of drug-likeness (QED) is 0.624. The zero-order valence-corrected chi connectivity index (χ0v) is 14.5. The maximum atomic E-state index is 5.80. The van der Waals surface area contributed by atoms with E-state index in [2.05, 4.69) is 66.3 Å². The van der Waals surface area contributed by atoms with Gasteiger partial charge >= 0.3 is 0 Å². The lowest BCUT2D eigenvalue weighted by atomic mass is 10.1. The Hall–Kier alpha value is -2.10. The SMILES string of the molecule is CC(C)NCc1ccc2c(ccn2CCOCc2ccccc2)c1. The molecule has 3 aromatic rings. The number of rotatable bonds is 8. The van der Waals surface area contributed by atoms with Gasteiger partial charge in [0.15, 0.2) is 0 Å². The highest BCUT2D eigenvalue weighted by atomic mass is 16.5. The molecule has 0 unspecified atom stereocenters. The molecule has 0 fully saturated rings. The van der Waals surface area contributed by atoms with Gasteiger partial charge in [0, 0.05) is 30.8 Å². The molecule has 0 aliphatic rings. The van der Waals surface area contributed by atoms with Crippen LogP contribution in [0.1, 0.15) is 25.0 Å². The lowest BCUT2D eigenvalue weighted by Gasteiger charge is -2.09. The van der Waals surface area contributed by atoms with Gasteiger partial charge in [-0.15, -0.1) is 0 Å². The first kappa shape index (κ1) is 16.7. The molecule has 0 bridgehead atoms. The summed E-state index contributed by atoms with van der Waals surface area (Å²) in [5, 5.41) is 4.76. The average molecular weight is 322 g/mol. The van der Waals surface area contributed by atoms with E-state index in [9.17, 15) is 0 Å². The van der Waals surface area contributed by atoms with Gasteiger partial charge in [-0.3, -0.25) is 0 Å². The second-order valence-corrected chi connectivity index (χ2v) is 6.48. The van der Waals surface area contributed by atoms with Crippen LogP contribution >= 0.6 is 0 Å². The highest BCUT2D eigenvalue weighted by Crippen LogP contribution is 2.18. The monoisotopic (exact) mass is 322 g/mol. The van der Waals surface area contributed by atoms with Gasteiger partial charge in [0.2, 0.25) is 0 Å². The Kier molecular flexibility index (Phi) is 5.68. The Bertz CT molecular complexity index is 762. The molecule has 1 heterocycles. The van der Waals surface area contributed by atoms with Crippen LogP contribution in [0.2, 0.25) is 0 Å². The van der Waals surface area contributed by atoms with Crippen LogP contribution in [0.3, 0.4) is 0 Å². The molecule has 24 heavy (non-hydrogen) atoms. The fraction of sp³-hybridized carbons (Fsp3) is 0.333. The first-order valence-corrected chi connectivity index (χ1v) is 8.65. The minimum absolute atomic E-state index is 0.507. The third-order valence-electron chi connectivity index (χ3n) is 4.14. The number of nitrogens with one attached hydrogen (secondary N) is 1. The van der Waals surface area contributed by atoms with Crippen molar-refractivity contribution in [3.63, 3.8) is 0 Å². The van der Waals surface area contributed by atoms with E-state index in [-0.39, 0.29) is 0 Å². The van der Waals surface area contributed by atoms with Crippen LogP contribution < -0.4 is 5.32 Å². The molecule has 0 spiro atoms. The van der Waals surface area contributed by atoms with Crippen molar-refractivity contribution >= 4 is 10.9 Å². The number of ether oxygens (including phenoxy) is 1. The normalized spacial score (nSPS) is 11.5. The minimum Gasteiger partial charge on any atom is -0.375 e. The van der Waals surface area contributed by atoms with Crippen molar-refractivity contribution in [2.45, 2.75) is 39.6 Å². The van der Waals surface area contributed by atoms with E-state index in [0.717, 1.165) is 19.7 Å². The van der Waals surface area contributed by atoms with Crippen LogP contribution in [-0.4, -0.2) is 17.2 Å². The van der Waals surface area contributed by atoms with Gasteiger partial charge in [-0.05, 0) is 34.7 Å². The van der Waals surface area contributed by atoms with Crippen LogP contribution in [0, 0.1) is 0 Å². The van der Waals surface area contributed by atoms with E-state index in [0.29, 0.717) is 12.6 Å². The zero-order chi connectivity index (χ0) is 16.8. The predicted molar refractivity (Wildman–Crippen MR) is 100 cm³/mol. The third kappa shape index (κ3) is 4.47. The summed E-state index contributed by atoms with van der Waals surface area (Å²) in [5.74, 6) is 0. The van der Waals surface area contributed by atoms with Crippen LogP contribution in [0.4, 0.5) is 0 Å². The topological polar surface area (TPSA) is 26.2 Å². The fourth-order valence-corrected chi connectivity index (χ4v) is 2.80. The summed E-state index contributed by atoms with van der Waals surface area (Å²) in [6.07, 6.45) is 2.15. The number of hydrogen-bond acceptors (Lipinski definition) is 2. The first-order chi connectivity index (χ1) is 11.7. The molecule has 0 saturated carbocycles. The van der Waals surface area contributed by atoms with Gasteiger partial charge in [-0.1, -0.05) is 50.2 Å². The van der Waals surface area contributed by atoms with Crippen LogP contribution in [-0.2, 0) is 24.4 Å². The zero-order valence-electron chi connectivity index (χ0n) is 14.5. The molecule has 1 N–H and O–H groups in total. The fourth-order valence-electron chi connectivity index (χ4n) is 2.80. The van der Waals surface area contributed by atoms with E-state index >= 15 is 0 Å². The second kappa shape index (κ2) is 8.13. The summed E-state index contributed by atoms with van der Waals surface area (Å²) in [6.45, 7) is 7.52. The number of benzene rings is 2. The number of hydrogen-bond donors (Lipinski definition) is 1. The lowest BCUT2D eigenvalue weighted by molar-refractivity contribution is 0.114. The maximum absolute atomic E-state index is 5.80. The molecule has 0 saturated heterocycles. The Morgan fingerprint density at radius 1 is 1.00 bits per heavy atom. The van der Waals surface area contributed by atoms with Crippen LogP contribution in [0.15, 0.2) is 60.8 Å². The Morgan fingerprint density at radius 2 is 1.83 bits per heavy atom. The van der Waals surface area contributed by atoms with E-state index in [4.69, 9.17) is 4.74 Å². The maximum Gasteiger partial charge on any atom is 0.0717 e. The van der Waals surface area contributed by atoms with Gasteiger partial charge in [0.25, 0.3) is 0 Å². The van der Waals surface area contributed by atoms with E-state index in [1.165, 1.54) is 22.0 Å². The van der Waals surface area contributed by atoms with Crippen molar-refractivity contribution in [3.8, 4) is 0 Å². The molecule has 3 heteroatoms. The van der Waals surface area contributed by atoms with Gasteiger partial charge < -0.3 is 14.6 Å². The van der Waals surface area contributed by atoms with Crippen LogP contribution in [0.5, 0.6) is 0 Å². The molecule has 0 aliphatic carbocycles. The smallest absolute Gasteiger partial charge is 0.0717 e. The number of nitrogens with zero attached hydrogens (tertiary/aromatic N) is 1. The van der Waals surface area contributed by atoms with Gasteiger partial charge in [-0.2, -0.15) is 0 Å². The van der Waals surface area contributed by atoms with E-state index in [1.807, 2.05) is 18.2 Å². The molecular formula is C21H26N2O. The van der Waals surface area contributed by atoms with Gasteiger partial charge in [0.05, 0.1) is 13.2 Å². The Balaban J connectivity index is 1.55. The summed E-state index contributed by atoms with van der Waals surface area (Å²) < 4.78 is 8.06. The van der Waals surface area contributed by atoms with Crippen LogP contribution in [0.25, 0.3) is 10.9 Å². The summed E-state index contributed by atoms with van der Waals surface area (Å²) in [7, 11) is 0. The molecule has 3 nitrogen and oxygen atoms in total. The summed E-state index contributed by atoms with van der Waals surface area (Å²) in [6, 6.07) is 19.7. The van der Waals surface area contributed by atoms with E-state index < -0.39 is 0 Å². The van der Waals surface area contributed by atoms with Crippen molar-refractivity contribution < 1.29 is 4.74 Å². The molecule has 126 valence electrons. The standard InChI is InChI=1S/C21H26N2O/c1-17(2)22-15-19-8-9-21-20(14-19)10-11-23(21)12-13-24-16-18-6-4-3-5-7-18/h3-11,14,17,22H,12-13,15-16H2,1-2H3. The van der Waals surface area contributed by atoms with Crippen molar-refractivity contribution in [3.05, 3.63) is 71.9 Å².